The molecule has 3 aromatic rings. The number of benzene rings is 1. The van der Waals surface area contributed by atoms with E-state index in [-0.39, 0.29) is 38.9 Å². The Labute approximate surface area is 201 Å². The number of halogens is 2. The summed E-state index contributed by atoms with van der Waals surface area (Å²) in [5.74, 6) is -0.864. The number of hydrogen-bond donors (Lipinski definition) is 2. The first kappa shape index (κ1) is 25.2. The summed E-state index contributed by atoms with van der Waals surface area (Å²) in [4.78, 5) is 15.0. The van der Waals surface area contributed by atoms with Crippen molar-refractivity contribution in [1.29, 1.82) is 5.26 Å². The molecule has 11 heteroatoms. The molecule has 178 valence electrons. The van der Waals surface area contributed by atoms with Crippen molar-refractivity contribution in [2.45, 2.75) is 38.1 Å². The van der Waals surface area contributed by atoms with E-state index in [1.807, 2.05) is 6.07 Å². The molecule has 1 unspecified atom stereocenters. The molecule has 34 heavy (non-hydrogen) atoms. The van der Waals surface area contributed by atoms with E-state index in [1.54, 1.807) is 20.8 Å². The first-order valence-corrected chi connectivity index (χ1v) is 11.9. The molecule has 0 spiro atoms. The first-order chi connectivity index (χ1) is 15.9. The SMILES string of the molecule is CC(C)(C)C(Cc1cn(S(=O)(=O)c2cccc(C#N)c2)c(-c2cccnc2Cl)c1F)NC(=O)O. The molecule has 2 heterocycles. The Morgan fingerprint density at radius 1 is 1.32 bits per heavy atom. The lowest BCUT2D eigenvalue weighted by molar-refractivity contribution is 0.174. The summed E-state index contributed by atoms with van der Waals surface area (Å²) in [6, 6.07) is 9.43. The Balaban J connectivity index is 2.26. The molecule has 0 bridgehead atoms. The molecular weight excluding hydrogens is 483 g/mol. The molecule has 2 N–H and O–H groups in total. The van der Waals surface area contributed by atoms with Crippen LogP contribution in [0.2, 0.25) is 5.15 Å². The Morgan fingerprint density at radius 3 is 2.62 bits per heavy atom. The topological polar surface area (TPSA) is 125 Å². The zero-order valence-corrected chi connectivity index (χ0v) is 20.2. The van der Waals surface area contributed by atoms with E-state index in [2.05, 4.69) is 10.3 Å². The van der Waals surface area contributed by atoms with Gasteiger partial charge in [0.05, 0.1) is 16.5 Å². The second kappa shape index (κ2) is 9.44. The fraction of sp³-hybridized carbons (Fsp3) is 0.261. The van der Waals surface area contributed by atoms with E-state index in [0.717, 1.165) is 10.2 Å². The Bertz CT molecular complexity index is 1390. The van der Waals surface area contributed by atoms with Gasteiger partial charge in [0.2, 0.25) is 0 Å². The third-order valence-corrected chi connectivity index (χ3v) is 7.24. The number of amides is 1. The highest BCUT2D eigenvalue weighted by molar-refractivity contribution is 7.90. The normalized spacial score (nSPS) is 12.7. The molecule has 1 atom stereocenters. The summed E-state index contributed by atoms with van der Waals surface area (Å²) in [5, 5.41) is 20.7. The molecule has 0 aliphatic heterocycles. The molecule has 1 aromatic carbocycles. The number of aromatic nitrogens is 2. The quantitative estimate of drug-likeness (QED) is 0.470. The number of nitrogens with zero attached hydrogens (tertiary/aromatic N) is 3. The zero-order valence-electron chi connectivity index (χ0n) is 18.6. The van der Waals surface area contributed by atoms with Crippen LogP contribution in [0.4, 0.5) is 9.18 Å². The van der Waals surface area contributed by atoms with Crippen LogP contribution < -0.4 is 5.32 Å². The summed E-state index contributed by atoms with van der Waals surface area (Å²) in [6.45, 7) is 5.35. The van der Waals surface area contributed by atoms with Crippen LogP contribution in [0.15, 0.2) is 53.7 Å². The van der Waals surface area contributed by atoms with Crippen molar-refractivity contribution in [3.8, 4) is 17.3 Å². The van der Waals surface area contributed by atoms with Crippen LogP contribution in [0, 0.1) is 22.6 Å². The van der Waals surface area contributed by atoms with Gasteiger partial charge in [-0.05, 0) is 42.2 Å². The number of rotatable bonds is 6. The van der Waals surface area contributed by atoms with Crippen molar-refractivity contribution in [3.05, 3.63) is 70.9 Å². The summed E-state index contributed by atoms with van der Waals surface area (Å²) < 4.78 is 43.7. The van der Waals surface area contributed by atoms with Gasteiger partial charge in [0.25, 0.3) is 10.0 Å². The Kier molecular flexibility index (Phi) is 7.00. The molecule has 2 aromatic heterocycles. The highest BCUT2D eigenvalue weighted by Gasteiger charge is 2.32. The van der Waals surface area contributed by atoms with E-state index < -0.39 is 33.4 Å². The highest BCUT2D eigenvalue weighted by atomic mass is 35.5. The van der Waals surface area contributed by atoms with Gasteiger partial charge in [-0.15, -0.1) is 0 Å². The van der Waals surface area contributed by atoms with E-state index in [9.17, 15) is 23.6 Å². The number of pyridine rings is 1. The minimum absolute atomic E-state index is 0.0244. The van der Waals surface area contributed by atoms with E-state index in [0.29, 0.717) is 0 Å². The smallest absolute Gasteiger partial charge is 0.404 e. The van der Waals surface area contributed by atoms with Gasteiger partial charge in [-0.1, -0.05) is 38.4 Å². The van der Waals surface area contributed by atoms with Gasteiger partial charge < -0.3 is 10.4 Å². The maximum Gasteiger partial charge on any atom is 0.404 e. The van der Waals surface area contributed by atoms with Crippen molar-refractivity contribution in [3.63, 3.8) is 0 Å². The molecule has 3 rings (SSSR count). The van der Waals surface area contributed by atoms with Crippen molar-refractivity contribution >= 4 is 27.7 Å². The molecule has 0 aliphatic carbocycles. The molecule has 0 radical (unpaired) electrons. The van der Waals surface area contributed by atoms with E-state index >= 15 is 4.39 Å². The standard InChI is InChI=1S/C23H22ClFN4O4S/c1-23(2,3)18(28-22(30)31)11-15-13-29(20(19(15)25)17-8-5-9-27-21(17)24)34(32,33)16-7-4-6-14(10-16)12-26/h4-10,13,18,28H,11H2,1-3H3,(H,30,31). The van der Waals surface area contributed by atoms with Crippen LogP contribution in [0.1, 0.15) is 31.9 Å². The molecule has 0 saturated carbocycles. The van der Waals surface area contributed by atoms with E-state index in [4.69, 9.17) is 11.6 Å². The maximum absolute atomic E-state index is 15.8. The van der Waals surface area contributed by atoms with Gasteiger partial charge >= 0.3 is 6.09 Å². The van der Waals surface area contributed by atoms with Crippen LogP contribution in [0.25, 0.3) is 11.3 Å². The van der Waals surface area contributed by atoms with Crippen molar-refractivity contribution in [1.82, 2.24) is 14.3 Å². The first-order valence-electron chi connectivity index (χ1n) is 10.1. The molecule has 0 aliphatic rings. The van der Waals surface area contributed by atoms with Crippen LogP contribution in [-0.4, -0.2) is 34.6 Å². The molecule has 1 amide bonds. The summed E-state index contributed by atoms with van der Waals surface area (Å²) in [5.41, 5.74) is -0.791. The summed E-state index contributed by atoms with van der Waals surface area (Å²) >= 11 is 6.18. The minimum atomic E-state index is -4.36. The van der Waals surface area contributed by atoms with Crippen LogP contribution in [0.3, 0.4) is 0 Å². The fourth-order valence-electron chi connectivity index (χ4n) is 3.43. The molecule has 0 saturated heterocycles. The second-order valence-electron chi connectivity index (χ2n) is 8.67. The lowest BCUT2D eigenvalue weighted by Gasteiger charge is -2.30. The number of nitrogens with one attached hydrogen (secondary N) is 1. The van der Waals surface area contributed by atoms with Crippen LogP contribution >= 0.6 is 11.6 Å². The number of carbonyl (C=O) groups is 1. The minimum Gasteiger partial charge on any atom is -0.465 e. The molecule has 8 nitrogen and oxygen atoms in total. The maximum atomic E-state index is 15.8. The van der Waals surface area contributed by atoms with Crippen LogP contribution in [-0.2, 0) is 16.4 Å². The van der Waals surface area contributed by atoms with Crippen molar-refractivity contribution in [2.24, 2.45) is 5.41 Å². The van der Waals surface area contributed by atoms with E-state index in [1.165, 1.54) is 42.6 Å². The van der Waals surface area contributed by atoms with Crippen molar-refractivity contribution < 1.29 is 22.7 Å². The Morgan fingerprint density at radius 2 is 2.03 bits per heavy atom. The second-order valence-corrected chi connectivity index (χ2v) is 10.8. The predicted molar refractivity (Wildman–Crippen MR) is 124 cm³/mol. The summed E-state index contributed by atoms with van der Waals surface area (Å²) in [6.07, 6.45) is 1.10. The molecule has 0 fully saturated rings. The number of hydrogen-bond acceptors (Lipinski definition) is 5. The summed E-state index contributed by atoms with van der Waals surface area (Å²) in [7, 11) is -4.36. The third kappa shape index (κ3) is 5.05. The highest BCUT2D eigenvalue weighted by Crippen LogP contribution is 2.35. The van der Waals surface area contributed by atoms with Gasteiger partial charge in [0, 0.05) is 29.6 Å². The monoisotopic (exact) mass is 504 g/mol. The number of nitriles is 1. The van der Waals surface area contributed by atoms with Gasteiger partial charge in [0.15, 0.2) is 5.82 Å². The third-order valence-electron chi connectivity index (χ3n) is 5.28. The van der Waals surface area contributed by atoms with Gasteiger partial charge in [-0.3, -0.25) is 0 Å². The van der Waals surface area contributed by atoms with Crippen LogP contribution in [0.5, 0.6) is 0 Å². The van der Waals surface area contributed by atoms with Gasteiger partial charge in [-0.25, -0.2) is 26.6 Å². The average Bonchev–Trinajstić information content (AvgIpc) is 3.09. The average molecular weight is 505 g/mol. The Hall–Kier alpha value is -3.42. The lowest BCUT2D eigenvalue weighted by atomic mass is 9.83. The lowest BCUT2D eigenvalue weighted by Crippen LogP contribution is -2.44. The van der Waals surface area contributed by atoms with Gasteiger partial charge in [-0.2, -0.15) is 5.26 Å². The largest absolute Gasteiger partial charge is 0.465 e. The fourth-order valence-corrected chi connectivity index (χ4v) is 5.07. The zero-order chi connectivity index (χ0) is 25.3. The predicted octanol–water partition coefficient (Wildman–Crippen LogP) is 4.68. The van der Waals surface area contributed by atoms with Crippen molar-refractivity contribution in [2.75, 3.05) is 0 Å². The van der Waals surface area contributed by atoms with Gasteiger partial charge in [0.1, 0.15) is 10.8 Å². The molecular formula is C23H22ClFN4O4S. The number of carboxylic acid groups (broad SMARTS) is 1.